The van der Waals surface area contributed by atoms with Crippen molar-refractivity contribution in [2.45, 2.75) is 33.1 Å². The summed E-state index contributed by atoms with van der Waals surface area (Å²) in [6, 6.07) is 28.6. The predicted molar refractivity (Wildman–Crippen MR) is 183 cm³/mol. The molecule has 48 heavy (non-hydrogen) atoms. The highest BCUT2D eigenvalue weighted by Gasteiger charge is 2.34. The van der Waals surface area contributed by atoms with Crippen LogP contribution in [0.15, 0.2) is 118 Å². The van der Waals surface area contributed by atoms with E-state index in [1.807, 2.05) is 73.7 Å². The molecule has 0 amide bonds. The Morgan fingerprint density at radius 2 is 1.60 bits per heavy atom. The number of ether oxygens (including phenoxy) is 4. The lowest BCUT2D eigenvalue weighted by Crippen LogP contribution is -2.39. The Labute approximate surface area is 281 Å². The summed E-state index contributed by atoms with van der Waals surface area (Å²) in [5.74, 6) is 0.712. The number of phenolic OH excluding ortho intramolecular Hbond substituents is 1. The fourth-order valence-corrected chi connectivity index (χ4v) is 6.50. The molecule has 9 nitrogen and oxygen atoms in total. The van der Waals surface area contributed by atoms with Gasteiger partial charge in [-0.1, -0.05) is 84.1 Å². The number of rotatable bonds is 11. The van der Waals surface area contributed by atoms with Gasteiger partial charge in [0.15, 0.2) is 27.8 Å². The second kappa shape index (κ2) is 14.4. The zero-order valence-electron chi connectivity index (χ0n) is 26.7. The van der Waals surface area contributed by atoms with E-state index in [1.54, 1.807) is 44.4 Å². The van der Waals surface area contributed by atoms with Gasteiger partial charge in [0.1, 0.15) is 13.2 Å². The molecule has 1 aliphatic rings. The second-order valence-electron chi connectivity index (χ2n) is 11.0. The smallest absolute Gasteiger partial charge is 0.338 e. The van der Waals surface area contributed by atoms with Crippen molar-refractivity contribution in [3.8, 4) is 23.0 Å². The Morgan fingerprint density at radius 1 is 0.896 bits per heavy atom. The number of allylic oxidation sites excluding steroid dienone is 1. The number of aromatic hydroxyl groups is 1. The fraction of sp³-hybridized carbons (Fsp3) is 0.184. The molecular weight excluding hydrogens is 628 g/mol. The van der Waals surface area contributed by atoms with E-state index in [9.17, 15) is 14.7 Å². The zero-order valence-corrected chi connectivity index (χ0v) is 27.5. The number of carbonyl (C=O) groups excluding carboxylic acids is 1. The number of carbonyl (C=O) groups is 1. The summed E-state index contributed by atoms with van der Waals surface area (Å²) in [5.41, 5.74) is 3.47. The van der Waals surface area contributed by atoms with Crippen LogP contribution in [0.2, 0.25) is 0 Å². The summed E-state index contributed by atoms with van der Waals surface area (Å²) in [6.07, 6.45) is 1.72. The van der Waals surface area contributed by atoms with Gasteiger partial charge in [0.05, 0.1) is 35.6 Å². The molecule has 0 spiro atoms. The molecule has 0 bridgehead atoms. The van der Waals surface area contributed by atoms with E-state index in [0.29, 0.717) is 56.6 Å². The molecule has 6 rings (SSSR count). The van der Waals surface area contributed by atoms with Crippen LogP contribution in [0, 0.1) is 0 Å². The number of fused-ring (bicyclic) bond motifs is 1. The lowest BCUT2D eigenvalue weighted by atomic mass is 9.95. The number of esters is 1. The van der Waals surface area contributed by atoms with Crippen LogP contribution in [0.3, 0.4) is 0 Å². The van der Waals surface area contributed by atoms with E-state index in [1.165, 1.54) is 22.0 Å². The van der Waals surface area contributed by atoms with Crippen molar-refractivity contribution < 1.29 is 28.8 Å². The molecule has 1 N–H and O–H groups in total. The van der Waals surface area contributed by atoms with E-state index in [0.717, 1.165) is 11.1 Å². The Hall–Kier alpha value is -5.61. The minimum Gasteiger partial charge on any atom is -0.504 e. The predicted octanol–water partition coefficient (Wildman–Crippen LogP) is 5.67. The van der Waals surface area contributed by atoms with Crippen molar-refractivity contribution >= 4 is 23.4 Å². The van der Waals surface area contributed by atoms with Crippen molar-refractivity contribution in [2.75, 3.05) is 13.7 Å². The third-order valence-corrected chi connectivity index (χ3v) is 8.76. The summed E-state index contributed by atoms with van der Waals surface area (Å²) in [7, 11) is 1.55. The fourth-order valence-electron chi connectivity index (χ4n) is 5.45. The van der Waals surface area contributed by atoms with Crippen molar-refractivity contribution in [1.82, 2.24) is 4.57 Å². The molecule has 2 heterocycles. The first kappa shape index (κ1) is 32.3. The topological polar surface area (TPSA) is 109 Å². The minimum atomic E-state index is -0.859. The van der Waals surface area contributed by atoms with Gasteiger partial charge in [-0.05, 0) is 66.4 Å². The molecule has 1 aliphatic heterocycles. The Bertz CT molecular complexity index is 2160. The number of aromatic nitrogens is 1. The molecular formula is C38H34N2O7S. The molecule has 0 aliphatic carbocycles. The van der Waals surface area contributed by atoms with Crippen molar-refractivity contribution in [3.05, 3.63) is 150 Å². The lowest BCUT2D eigenvalue weighted by Gasteiger charge is -2.25. The van der Waals surface area contributed by atoms with Gasteiger partial charge < -0.3 is 24.1 Å². The zero-order chi connectivity index (χ0) is 33.6. The Kier molecular flexibility index (Phi) is 9.73. The molecule has 1 aromatic heterocycles. The average Bonchev–Trinajstić information content (AvgIpc) is 3.41. The third kappa shape index (κ3) is 6.89. The third-order valence-electron chi connectivity index (χ3n) is 7.78. The normalized spacial score (nSPS) is 14.2. The molecule has 0 saturated heterocycles. The maximum absolute atomic E-state index is 14.2. The maximum Gasteiger partial charge on any atom is 0.338 e. The first-order valence-corrected chi connectivity index (χ1v) is 16.2. The van der Waals surface area contributed by atoms with E-state index < -0.39 is 12.0 Å². The van der Waals surface area contributed by atoms with Crippen LogP contribution in [0.5, 0.6) is 23.0 Å². The van der Waals surface area contributed by atoms with Crippen molar-refractivity contribution in [1.29, 1.82) is 0 Å². The van der Waals surface area contributed by atoms with E-state index in [4.69, 9.17) is 23.9 Å². The van der Waals surface area contributed by atoms with Crippen LogP contribution in [0.25, 0.3) is 6.08 Å². The Morgan fingerprint density at radius 3 is 2.29 bits per heavy atom. The summed E-state index contributed by atoms with van der Waals surface area (Å²) < 4.78 is 25.1. The largest absolute Gasteiger partial charge is 0.504 e. The quantitative estimate of drug-likeness (QED) is 0.182. The van der Waals surface area contributed by atoms with Gasteiger partial charge in [0, 0.05) is 0 Å². The van der Waals surface area contributed by atoms with Crippen LogP contribution in [0.4, 0.5) is 0 Å². The van der Waals surface area contributed by atoms with E-state index in [2.05, 4.69) is 0 Å². The van der Waals surface area contributed by atoms with Gasteiger partial charge >= 0.3 is 5.97 Å². The standard InChI is InChI=1S/C38H34N2O7S/c1-4-45-31-19-27(15-17-29(31)41)20-33-36(42)40-35(28-16-18-30(32(21-28)44-3)46-22-25-11-7-5-8-12-25)34(24(2)39-38(40)48-33)37(43)47-23-26-13-9-6-10-14-26/h5-21,35,41H,4,22-23H2,1-3H3. The molecule has 10 heteroatoms. The van der Waals surface area contributed by atoms with Crippen LogP contribution in [-0.2, 0) is 22.7 Å². The lowest BCUT2D eigenvalue weighted by molar-refractivity contribution is -0.140. The summed E-state index contributed by atoms with van der Waals surface area (Å²) in [6.45, 7) is 4.34. The van der Waals surface area contributed by atoms with E-state index in [-0.39, 0.29) is 23.5 Å². The van der Waals surface area contributed by atoms with Crippen molar-refractivity contribution in [2.24, 2.45) is 4.99 Å². The molecule has 4 aromatic carbocycles. The van der Waals surface area contributed by atoms with Gasteiger partial charge in [0.2, 0.25) is 0 Å². The number of hydrogen-bond acceptors (Lipinski definition) is 9. The summed E-state index contributed by atoms with van der Waals surface area (Å²) in [4.78, 5) is 33.2. The minimum absolute atomic E-state index is 0.00915. The molecule has 0 saturated carbocycles. The van der Waals surface area contributed by atoms with Gasteiger partial charge in [-0.3, -0.25) is 9.36 Å². The monoisotopic (exact) mass is 662 g/mol. The maximum atomic E-state index is 14.2. The number of phenols is 1. The summed E-state index contributed by atoms with van der Waals surface area (Å²) >= 11 is 1.21. The molecule has 5 aromatic rings. The number of hydrogen-bond donors (Lipinski definition) is 1. The van der Waals surface area contributed by atoms with Crippen LogP contribution in [0.1, 0.15) is 42.1 Å². The highest BCUT2D eigenvalue weighted by atomic mass is 32.1. The van der Waals surface area contributed by atoms with E-state index >= 15 is 0 Å². The second-order valence-corrected chi connectivity index (χ2v) is 12.0. The number of nitrogens with zero attached hydrogens (tertiary/aromatic N) is 2. The highest BCUT2D eigenvalue weighted by molar-refractivity contribution is 7.07. The molecule has 1 unspecified atom stereocenters. The number of methoxy groups -OCH3 is 1. The van der Waals surface area contributed by atoms with Crippen LogP contribution in [-0.4, -0.2) is 29.4 Å². The van der Waals surface area contributed by atoms with Crippen molar-refractivity contribution in [3.63, 3.8) is 0 Å². The van der Waals surface area contributed by atoms with Gasteiger partial charge in [-0.25, -0.2) is 9.79 Å². The molecule has 244 valence electrons. The first-order chi connectivity index (χ1) is 23.4. The summed E-state index contributed by atoms with van der Waals surface area (Å²) in [5, 5.41) is 10.2. The van der Waals surface area contributed by atoms with Crippen LogP contribution >= 0.6 is 11.3 Å². The molecule has 0 radical (unpaired) electrons. The highest BCUT2D eigenvalue weighted by Crippen LogP contribution is 2.37. The molecule has 1 atom stereocenters. The van der Waals surface area contributed by atoms with Gasteiger partial charge in [-0.15, -0.1) is 0 Å². The number of thiazole rings is 1. The van der Waals surface area contributed by atoms with Gasteiger partial charge in [0.25, 0.3) is 5.56 Å². The molecule has 0 fully saturated rings. The van der Waals surface area contributed by atoms with Gasteiger partial charge in [-0.2, -0.15) is 0 Å². The SMILES string of the molecule is CCOc1cc(C=c2sc3n(c2=O)C(c2ccc(OCc4ccccc4)c(OC)c2)C(C(=O)OCc2ccccc2)=C(C)N=3)ccc1O. The Balaban J connectivity index is 1.43. The average molecular weight is 663 g/mol. The number of benzene rings is 4. The first-order valence-electron chi connectivity index (χ1n) is 15.4. The van der Waals surface area contributed by atoms with Crippen LogP contribution < -0.4 is 29.1 Å².